The van der Waals surface area contributed by atoms with Gasteiger partial charge in [0.2, 0.25) is 0 Å². The molecule has 1 atom stereocenters. The quantitative estimate of drug-likeness (QED) is 0.541. The summed E-state index contributed by atoms with van der Waals surface area (Å²) in [5, 5.41) is 8.61. The minimum absolute atomic E-state index is 0.0480. The third kappa shape index (κ3) is 7.85. The zero-order chi connectivity index (χ0) is 14.2. The fourth-order valence-corrected chi connectivity index (χ4v) is 1.81. The van der Waals surface area contributed by atoms with E-state index in [2.05, 4.69) is 9.46 Å². The Morgan fingerprint density at radius 3 is 2.50 bits per heavy atom. The molecule has 18 heavy (non-hydrogen) atoms. The SMILES string of the molecule is CCOC(=O)NS(=O)(=O)NCCCC(C)C(=O)O. The van der Waals surface area contributed by atoms with E-state index in [-0.39, 0.29) is 13.2 Å². The first-order valence-electron chi connectivity index (χ1n) is 5.45. The summed E-state index contributed by atoms with van der Waals surface area (Å²) in [4.78, 5) is 21.4. The summed E-state index contributed by atoms with van der Waals surface area (Å²) in [7, 11) is -3.94. The van der Waals surface area contributed by atoms with E-state index < -0.39 is 28.2 Å². The van der Waals surface area contributed by atoms with Crippen molar-refractivity contribution >= 4 is 22.3 Å². The molecule has 0 aliphatic carbocycles. The van der Waals surface area contributed by atoms with Gasteiger partial charge in [-0.2, -0.15) is 13.1 Å². The molecule has 0 fully saturated rings. The second-order valence-corrected chi connectivity index (χ2v) is 5.10. The standard InChI is InChI=1S/C9H18N2O6S/c1-3-17-9(14)11-18(15,16)10-6-4-5-7(2)8(12)13/h7,10H,3-6H2,1-2H3,(H,11,14)(H,12,13). The van der Waals surface area contributed by atoms with Crippen molar-refractivity contribution in [2.24, 2.45) is 5.92 Å². The number of hydrogen-bond donors (Lipinski definition) is 3. The minimum Gasteiger partial charge on any atom is -0.481 e. The van der Waals surface area contributed by atoms with Gasteiger partial charge in [-0.05, 0) is 19.8 Å². The highest BCUT2D eigenvalue weighted by Gasteiger charge is 2.15. The van der Waals surface area contributed by atoms with E-state index in [9.17, 15) is 18.0 Å². The Hall–Kier alpha value is -1.35. The van der Waals surface area contributed by atoms with Gasteiger partial charge in [0, 0.05) is 6.54 Å². The molecule has 9 heteroatoms. The number of carbonyl (C=O) groups is 2. The van der Waals surface area contributed by atoms with E-state index >= 15 is 0 Å². The van der Waals surface area contributed by atoms with Crippen LogP contribution in [0.15, 0.2) is 0 Å². The topological polar surface area (TPSA) is 122 Å². The highest BCUT2D eigenvalue weighted by Crippen LogP contribution is 2.04. The summed E-state index contributed by atoms with van der Waals surface area (Å²) in [6, 6.07) is 0. The van der Waals surface area contributed by atoms with E-state index in [0.29, 0.717) is 12.8 Å². The smallest absolute Gasteiger partial charge is 0.421 e. The fourth-order valence-electron chi connectivity index (χ4n) is 1.04. The first-order valence-corrected chi connectivity index (χ1v) is 6.93. The van der Waals surface area contributed by atoms with Crippen molar-refractivity contribution in [2.45, 2.75) is 26.7 Å². The molecular formula is C9H18N2O6S. The first-order chi connectivity index (χ1) is 8.28. The maximum Gasteiger partial charge on any atom is 0.421 e. The Bertz CT molecular complexity index is 381. The Morgan fingerprint density at radius 2 is 2.00 bits per heavy atom. The van der Waals surface area contributed by atoms with Crippen molar-refractivity contribution in [1.82, 2.24) is 9.44 Å². The molecule has 0 heterocycles. The Kier molecular flexibility index (Phi) is 7.29. The lowest BCUT2D eigenvalue weighted by Crippen LogP contribution is -2.41. The number of rotatable bonds is 8. The molecule has 0 radical (unpaired) electrons. The van der Waals surface area contributed by atoms with Gasteiger partial charge in [-0.3, -0.25) is 4.79 Å². The first kappa shape index (κ1) is 16.6. The predicted molar refractivity (Wildman–Crippen MR) is 63.1 cm³/mol. The normalized spacial score (nSPS) is 12.8. The number of amides is 1. The summed E-state index contributed by atoms with van der Waals surface area (Å²) >= 11 is 0. The third-order valence-corrected chi connectivity index (χ3v) is 3.04. The summed E-state index contributed by atoms with van der Waals surface area (Å²) in [6.07, 6.45) is -0.349. The van der Waals surface area contributed by atoms with E-state index in [4.69, 9.17) is 5.11 Å². The third-order valence-electron chi connectivity index (χ3n) is 2.02. The molecule has 0 aromatic rings. The lowest BCUT2D eigenvalue weighted by atomic mass is 10.1. The molecule has 0 aliphatic rings. The average molecular weight is 282 g/mol. The van der Waals surface area contributed by atoms with Crippen LogP contribution < -0.4 is 9.44 Å². The van der Waals surface area contributed by atoms with Crippen molar-refractivity contribution in [3.05, 3.63) is 0 Å². The van der Waals surface area contributed by atoms with Gasteiger partial charge >= 0.3 is 22.3 Å². The second kappa shape index (κ2) is 7.88. The molecule has 0 spiro atoms. The maximum absolute atomic E-state index is 11.3. The molecule has 8 nitrogen and oxygen atoms in total. The van der Waals surface area contributed by atoms with Gasteiger partial charge in [0.1, 0.15) is 0 Å². The van der Waals surface area contributed by atoms with Crippen LogP contribution in [-0.4, -0.2) is 38.7 Å². The molecular weight excluding hydrogens is 264 g/mol. The average Bonchev–Trinajstić information content (AvgIpc) is 2.23. The highest BCUT2D eigenvalue weighted by molar-refractivity contribution is 7.88. The number of hydrogen-bond acceptors (Lipinski definition) is 5. The van der Waals surface area contributed by atoms with Crippen LogP contribution in [0, 0.1) is 5.92 Å². The minimum atomic E-state index is -3.94. The van der Waals surface area contributed by atoms with Crippen LogP contribution in [0.5, 0.6) is 0 Å². The lowest BCUT2D eigenvalue weighted by molar-refractivity contribution is -0.141. The van der Waals surface area contributed by atoms with Crippen LogP contribution in [0.1, 0.15) is 26.7 Å². The summed E-state index contributed by atoms with van der Waals surface area (Å²) < 4.78 is 30.7. The molecule has 0 aliphatic heterocycles. The van der Waals surface area contributed by atoms with Crippen molar-refractivity contribution in [3.8, 4) is 0 Å². The number of carbonyl (C=O) groups excluding carboxylic acids is 1. The fraction of sp³-hybridized carbons (Fsp3) is 0.778. The van der Waals surface area contributed by atoms with Crippen LogP contribution in [0.25, 0.3) is 0 Å². The van der Waals surface area contributed by atoms with Gasteiger partial charge < -0.3 is 9.84 Å². The number of carboxylic acids is 1. The van der Waals surface area contributed by atoms with Crippen molar-refractivity contribution in [3.63, 3.8) is 0 Å². The van der Waals surface area contributed by atoms with Gasteiger partial charge in [0.25, 0.3) is 0 Å². The van der Waals surface area contributed by atoms with Gasteiger partial charge in [0.05, 0.1) is 12.5 Å². The van der Waals surface area contributed by atoms with Gasteiger partial charge in [-0.1, -0.05) is 6.92 Å². The van der Waals surface area contributed by atoms with Gasteiger partial charge in [0.15, 0.2) is 0 Å². The number of aliphatic carboxylic acids is 1. The predicted octanol–water partition coefficient (Wildman–Crippen LogP) is 0.0678. The maximum atomic E-state index is 11.3. The number of ether oxygens (including phenoxy) is 1. The molecule has 1 amide bonds. The Balaban J connectivity index is 3.91. The lowest BCUT2D eigenvalue weighted by Gasteiger charge is -2.09. The van der Waals surface area contributed by atoms with Crippen LogP contribution in [0.4, 0.5) is 4.79 Å². The van der Waals surface area contributed by atoms with Crippen molar-refractivity contribution in [2.75, 3.05) is 13.2 Å². The van der Waals surface area contributed by atoms with Crippen molar-refractivity contribution in [1.29, 1.82) is 0 Å². The molecule has 0 saturated heterocycles. The largest absolute Gasteiger partial charge is 0.481 e. The zero-order valence-corrected chi connectivity index (χ0v) is 11.1. The van der Waals surface area contributed by atoms with Crippen LogP contribution >= 0.6 is 0 Å². The molecule has 1 unspecified atom stereocenters. The van der Waals surface area contributed by atoms with E-state index in [1.54, 1.807) is 11.6 Å². The molecule has 0 aromatic heterocycles. The van der Waals surface area contributed by atoms with Crippen LogP contribution in [0.2, 0.25) is 0 Å². The summed E-state index contributed by atoms with van der Waals surface area (Å²) in [5.41, 5.74) is 0. The highest BCUT2D eigenvalue weighted by atomic mass is 32.2. The van der Waals surface area contributed by atoms with Gasteiger partial charge in [-0.25, -0.2) is 9.52 Å². The second-order valence-electron chi connectivity index (χ2n) is 3.60. The molecule has 0 aromatic carbocycles. The molecule has 0 rings (SSSR count). The van der Waals surface area contributed by atoms with Gasteiger partial charge in [-0.15, -0.1) is 0 Å². The van der Waals surface area contributed by atoms with E-state index in [0.717, 1.165) is 0 Å². The zero-order valence-electron chi connectivity index (χ0n) is 10.3. The van der Waals surface area contributed by atoms with E-state index in [1.165, 1.54) is 6.92 Å². The summed E-state index contributed by atoms with van der Waals surface area (Å²) in [6.45, 7) is 3.20. The monoisotopic (exact) mass is 282 g/mol. The van der Waals surface area contributed by atoms with E-state index in [1.807, 2.05) is 0 Å². The number of nitrogens with one attached hydrogen (secondary N) is 2. The molecule has 106 valence electrons. The number of carboxylic acid groups (broad SMARTS) is 1. The Labute approximate surface area is 106 Å². The Morgan fingerprint density at radius 1 is 1.39 bits per heavy atom. The van der Waals surface area contributed by atoms with Crippen molar-refractivity contribution < 1.29 is 27.9 Å². The van der Waals surface area contributed by atoms with Crippen LogP contribution in [-0.2, 0) is 19.7 Å². The molecule has 0 saturated carbocycles. The molecule has 0 bridgehead atoms. The molecule has 3 N–H and O–H groups in total. The van der Waals surface area contributed by atoms with Crippen LogP contribution in [0.3, 0.4) is 0 Å². The summed E-state index contributed by atoms with van der Waals surface area (Å²) in [5.74, 6) is -1.46.